The summed E-state index contributed by atoms with van der Waals surface area (Å²) in [5, 5.41) is 7.54. The zero-order valence-electron chi connectivity index (χ0n) is 26.5. The van der Waals surface area contributed by atoms with Gasteiger partial charge in [-0.3, -0.25) is 0 Å². The van der Waals surface area contributed by atoms with E-state index in [4.69, 9.17) is 0 Å². The summed E-state index contributed by atoms with van der Waals surface area (Å²) in [6.07, 6.45) is 0. The Kier molecular flexibility index (Phi) is 6.91. The molecule has 0 unspecified atom stereocenters. The molecule has 0 fully saturated rings. The molecule has 0 aromatic heterocycles. The summed E-state index contributed by atoms with van der Waals surface area (Å²) in [5.41, 5.74) is 12.3. The summed E-state index contributed by atoms with van der Waals surface area (Å²) in [6.45, 7) is 0. The topological polar surface area (TPSA) is 0 Å². The van der Waals surface area contributed by atoms with Crippen LogP contribution in [-0.2, 0) is 0 Å². The molecule has 9 aromatic rings. The Bertz CT molecular complexity index is 2540. The Morgan fingerprint density at radius 3 is 1.27 bits per heavy atom. The van der Waals surface area contributed by atoms with Crippen molar-refractivity contribution >= 4 is 32.3 Å². The van der Waals surface area contributed by atoms with E-state index >= 15 is 0 Å². The van der Waals surface area contributed by atoms with Crippen molar-refractivity contribution in [1.82, 2.24) is 0 Å². The van der Waals surface area contributed by atoms with Gasteiger partial charge in [-0.25, -0.2) is 0 Å². The number of fused-ring (bicyclic) bond motifs is 3. The van der Waals surface area contributed by atoms with Crippen molar-refractivity contribution in [3.05, 3.63) is 194 Å². The Balaban J connectivity index is 1.35. The first-order valence-electron chi connectivity index (χ1n) is 16.6. The highest BCUT2D eigenvalue weighted by Gasteiger charge is 2.20. The van der Waals surface area contributed by atoms with E-state index in [1.807, 2.05) is 0 Å². The van der Waals surface area contributed by atoms with Crippen molar-refractivity contribution in [3.63, 3.8) is 0 Å². The fraction of sp³-hybridized carbons (Fsp3) is 0. The van der Waals surface area contributed by atoms with Gasteiger partial charge >= 0.3 is 0 Å². The third kappa shape index (κ3) is 4.78. The smallest absolute Gasteiger partial charge is 0.00199 e. The molecule has 0 aliphatic heterocycles. The molecule has 0 bridgehead atoms. The maximum Gasteiger partial charge on any atom is -0.00199 e. The molecule has 0 atom stereocenters. The van der Waals surface area contributed by atoms with E-state index in [0.717, 1.165) is 0 Å². The predicted molar refractivity (Wildman–Crippen MR) is 206 cm³/mol. The van der Waals surface area contributed by atoms with Gasteiger partial charge in [0, 0.05) is 0 Å². The Morgan fingerprint density at radius 2 is 0.646 bits per heavy atom. The zero-order chi connectivity index (χ0) is 31.9. The number of rotatable bonds is 5. The van der Waals surface area contributed by atoms with Crippen molar-refractivity contribution in [2.75, 3.05) is 0 Å². The largest absolute Gasteiger partial charge is 0.0622 e. The van der Waals surface area contributed by atoms with Crippen LogP contribution in [0.1, 0.15) is 0 Å². The highest BCUT2D eigenvalue weighted by Crippen LogP contribution is 2.47. The fourth-order valence-electron chi connectivity index (χ4n) is 7.47. The standard InChI is InChI=1S/C48H32/c1-3-16-34(17-4-1)41-30-29-38(40-22-10-9-21-39(40)37-28-27-33-15-7-8-20-36(33)31-37)32-46(41)48-44-25-13-11-23-42(44)47(35-18-5-2-6-19-35)43-24-12-14-26-45(43)48/h1-32H. The number of hydrogen-bond acceptors (Lipinski definition) is 0. The summed E-state index contributed by atoms with van der Waals surface area (Å²) in [7, 11) is 0. The molecule has 0 radical (unpaired) electrons. The Labute approximate surface area is 281 Å². The first kappa shape index (κ1) is 28.0. The quantitative estimate of drug-likeness (QED) is 0.171. The second-order valence-corrected chi connectivity index (χ2v) is 12.4. The lowest BCUT2D eigenvalue weighted by atomic mass is 9.82. The lowest BCUT2D eigenvalue weighted by Gasteiger charge is -2.21. The highest BCUT2D eigenvalue weighted by molar-refractivity contribution is 6.22. The van der Waals surface area contributed by atoms with Gasteiger partial charge in [-0.2, -0.15) is 0 Å². The van der Waals surface area contributed by atoms with Crippen molar-refractivity contribution < 1.29 is 0 Å². The minimum atomic E-state index is 1.20. The third-order valence-corrected chi connectivity index (χ3v) is 9.67. The van der Waals surface area contributed by atoms with Gasteiger partial charge in [0.05, 0.1) is 0 Å². The van der Waals surface area contributed by atoms with Gasteiger partial charge in [0.1, 0.15) is 0 Å². The summed E-state index contributed by atoms with van der Waals surface area (Å²) >= 11 is 0. The van der Waals surface area contributed by atoms with Crippen molar-refractivity contribution in [2.24, 2.45) is 0 Å². The van der Waals surface area contributed by atoms with Crippen LogP contribution in [0.2, 0.25) is 0 Å². The molecule has 48 heavy (non-hydrogen) atoms. The minimum Gasteiger partial charge on any atom is -0.0622 e. The summed E-state index contributed by atoms with van der Waals surface area (Å²) < 4.78 is 0. The van der Waals surface area contributed by atoms with E-state index in [1.54, 1.807) is 0 Å². The normalized spacial score (nSPS) is 11.3. The van der Waals surface area contributed by atoms with Gasteiger partial charge in [0.15, 0.2) is 0 Å². The lowest BCUT2D eigenvalue weighted by Crippen LogP contribution is -1.94. The molecule has 0 spiro atoms. The molecule has 9 aromatic carbocycles. The third-order valence-electron chi connectivity index (χ3n) is 9.67. The molecule has 0 nitrogen and oxygen atoms in total. The van der Waals surface area contributed by atoms with E-state index in [9.17, 15) is 0 Å². The van der Waals surface area contributed by atoms with Crippen LogP contribution in [0.5, 0.6) is 0 Å². The van der Waals surface area contributed by atoms with Crippen molar-refractivity contribution in [1.29, 1.82) is 0 Å². The van der Waals surface area contributed by atoms with Crippen molar-refractivity contribution in [2.45, 2.75) is 0 Å². The number of benzene rings is 9. The molecule has 0 heterocycles. The van der Waals surface area contributed by atoms with Crippen LogP contribution in [0.15, 0.2) is 194 Å². The molecular weight excluding hydrogens is 577 g/mol. The number of hydrogen-bond donors (Lipinski definition) is 0. The molecular formula is C48H32. The summed E-state index contributed by atoms with van der Waals surface area (Å²) in [6, 6.07) is 70.8. The van der Waals surface area contributed by atoms with Gasteiger partial charge in [-0.15, -0.1) is 0 Å². The van der Waals surface area contributed by atoms with Crippen LogP contribution < -0.4 is 0 Å². The van der Waals surface area contributed by atoms with Gasteiger partial charge in [0.2, 0.25) is 0 Å². The van der Waals surface area contributed by atoms with Gasteiger partial charge in [-0.05, 0) is 100 Å². The molecule has 224 valence electrons. The first-order chi connectivity index (χ1) is 23.8. The predicted octanol–water partition coefficient (Wildman–Crippen LogP) is 13.5. The lowest BCUT2D eigenvalue weighted by molar-refractivity contribution is 1.57. The van der Waals surface area contributed by atoms with Crippen LogP contribution in [0.4, 0.5) is 0 Å². The molecule has 0 aliphatic carbocycles. The Hall–Kier alpha value is -6.24. The van der Waals surface area contributed by atoms with Crippen LogP contribution in [0, 0.1) is 0 Å². The molecule has 0 saturated carbocycles. The molecule has 0 heteroatoms. The Morgan fingerprint density at radius 1 is 0.208 bits per heavy atom. The molecule has 0 saturated heterocycles. The van der Waals surface area contributed by atoms with Gasteiger partial charge in [0.25, 0.3) is 0 Å². The maximum absolute atomic E-state index is 2.43. The van der Waals surface area contributed by atoms with Gasteiger partial charge in [-0.1, -0.05) is 182 Å². The summed E-state index contributed by atoms with van der Waals surface area (Å²) in [4.78, 5) is 0. The van der Waals surface area contributed by atoms with E-state index in [0.29, 0.717) is 0 Å². The monoisotopic (exact) mass is 608 g/mol. The maximum atomic E-state index is 2.43. The fourth-order valence-corrected chi connectivity index (χ4v) is 7.47. The average molecular weight is 609 g/mol. The van der Waals surface area contributed by atoms with E-state index < -0.39 is 0 Å². The second-order valence-electron chi connectivity index (χ2n) is 12.4. The van der Waals surface area contributed by atoms with Gasteiger partial charge < -0.3 is 0 Å². The second kappa shape index (κ2) is 11.8. The van der Waals surface area contributed by atoms with E-state index in [2.05, 4.69) is 194 Å². The zero-order valence-corrected chi connectivity index (χ0v) is 26.5. The van der Waals surface area contributed by atoms with Crippen LogP contribution in [-0.4, -0.2) is 0 Å². The van der Waals surface area contributed by atoms with Crippen LogP contribution in [0.3, 0.4) is 0 Å². The first-order valence-corrected chi connectivity index (χ1v) is 16.6. The highest BCUT2D eigenvalue weighted by atomic mass is 14.2. The van der Waals surface area contributed by atoms with Crippen molar-refractivity contribution in [3.8, 4) is 55.6 Å². The molecule has 0 amide bonds. The molecule has 0 aliphatic rings. The van der Waals surface area contributed by atoms with E-state index in [-0.39, 0.29) is 0 Å². The molecule has 0 N–H and O–H groups in total. The SMILES string of the molecule is c1ccc(-c2ccc(-c3ccccc3-c3ccc4ccccc4c3)cc2-c2c3ccccc3c(-c3ccccc3)c3ccccc23)cc1. The van der Waals surface area contributed by atoms with Crippen LogP contribution >= 0.6 is 0 Å². The molecule has 9 rings (SSSR count). The van der Waals surface area contributed by atoms with E-state index in [1.165, 1.54) is 88.0 Å². The average Bonchev–Trinajstić information content (AvgIpc) is 3.17. The van der Waals surface area contributed by atoms with Crippen LogP contribution in [0.25, 0.3) is 88.0 Å². The minimum absolute atomic E-state index is 1.20. The summed E-state index contributed by atoms with van der Waals surface area (Å²) in [5.74, 6) is 0.